The summed E-state index contributed by atoms with van der Waals surface area (Å²) in [6.45, 7) is 1.59. The topological polar surface area (TPSA) is 17.1 Å². The second-order valence-electron chi connectivity index (χ2n) is 4.45. The molecule has 0 aromatic heterocycles. The van der Waals surface area contributed by atoms with Gasteiger partial charge in [-0.05, 0) is 44.2 Å². The molecule has 0 unspecified atom stereocenters. The van der Waals surface area contributed by atoms with Crippen LogP contribution in [0.2, 0.25) is 0 Å². The molecule has 1 nitrogen and oxygen atoms in total. The van der Waals surface area contributed by atoms with Gasteiger partial charge in [0.05, 0.1) is 0 Å². The number of allylic oxidation sites excluding steroid dienone is 2. The smallest absolute Gasteiger partial charge is 0.152 e. The van der Waals surface area contributed by atoms with Crippen LogP contribution < -0.4 is 0 Å². The minimum atomic E-state index is 0.147. The van der Waals surface area contributed by atoms with Crippen molar-refractivity contribution in [1.82, 2.24) is 0 Å². The Morgan fingerprint density at radius 1 is 1.06 bits per heavy atom. The van der Waals surface area contributed by atoms with Gasteiger partial charge in [-0.2, -0.15) is 0 Å². The molecule has 92 valence electrons. The Hall–Kier alpha value is -1.37. The van der Waals surface area contributed by atoms with Crippen LogP contribution in [0.15, 0.2) is 42.5 Å². The van der Waals surface area contributed by atoms with E-state index in [9.17, 15) is 4.79 Å². The number of ketones is 1. The van der Waals surface area contributed by atoms with Crippen molar-refractivity contribution in [3.8, 4) is 0 Å². The molecule has 0 aliphatic carbocycles. The zero-order valence-corrected chi connectivity index (χ0v) is 10.7. The van der Waals surface area contributed by atoms with Gasteiger partial charge >= 0.3 is 0 Å². The van der Waals surface area contributed by atoms with E-state index in [0.29, 0.717) is 0 Å². The average molecular weight is 230 g/mol. The van der Waals surface area contributed by atoms with E-state index in [2.05, 4.69) is 30.3 Å². The lowest BCUT2D eigenvalue weighted by Crippen LogP contribution is -1.85. The molecule has 1 heteroatoms. The lowest BCUT2D eigenvalue weighted by Gasteiger charge is -2.00. The van der Waals surface area contributed by atoms with Crippen molar-refractivity contribution < 1.29 is 4.79 Å². The summed E-state index contributed by atoms with van der Waals surface area (Å²) in [5.41, 5.74) is 1.43. The molecule has 0 spiro atoms. The number of unbranched alkanes of at least 4 members (excludes halogenated alkanes) is 4. The molecule has 0 aliphatic heterocycles. The van der Waals surface area contributed by atoms with Gasteiger partial charge in [0.25, 0.3) is 0 Å². The van der Waals surface area contributed by atoms with E-state index in [1.807, 2.05) is 6.08 Å². The standard InChI is InChI=1S/C16H22O/c1-15(17)11-7-4-2-3-5-8-12-16-13-9-6-10-14-16/h6-7,9-11,13-14H,2-5,8,12H2,1H3. The zero-order chi connectivity index (χ0) is 12.3. The summed E-state index contributed by atoms with van der Waals surface area (Å²) in [5, 5.41) is 0. The van der Waals surface area contributed by atoms with Crippen LogP contribution in [0.1, 0.15) is 44.6 Å². The molecule has 1 aromatic rings. The largest absolute Gasteiger partial charge is 0.295 e. The molecule has 0 heterocycles. The van der Waals surface area contributed by atoms with Crippen molar-refractivity contribution in [2.45, 2.75) is 45.4 Å². The minimum Gasteiger partial charge on any atom is -0.295 e. The summed E-state index contributed by atoms with van der Waals surface area (Å²) in [6.07, 6.45) is 10.9. The van der Waals surface area contributed by atoms with Gasteiger partial charge in [-0.3, -0.25) is 4.79 Å². The van der Waals surface area contributed by atoms with E-state index < -0.39 is 0 Å². The maximum atomic E-state index is 10.6. The summed E-state index contributed by atoms with van der Waals surface area (Å²) in [5.74, 6) is 0.147. The summed E-state index contributed by atoms with van der Waals surface area (Å²) in [7, 11) is 0. The highest BCUT2D eigenvalue weighted by Crippen LogP contribution is 2.08. The molecule has 1 aromatic carbocycles. The van der Waals surface area contributed by atoms with Crippen molar-refractivity contribution in [2.75, 3.05) is 0 Å². The predicted octanol–water partition coefficient (Wildman–Crippen LogP) is 4.32. The second-order valence-corrected chi connectivity index (χ2v) is 4.45. The molecule has 0 atom stereocenters. The lowest BCUT2D eigenvalue weighted by atomic mass is 10.1. The molecule has 0 saturated carbocycles. The molecular weight excluding hydrogens is 208 g/mol. The van der Waals surface area contributed by atoms with Crippen molar-refractivity contribution in [2.24, 2.45) is 0 Å². The normalized spacial score (nSPS) is 10.9. The Bertz CT molecular complexity index is 338. The SMILES string of the molecule is CC(=O)C=CCCCCCCc1ccccc1. The van der Waals surface area contributed by atoms with Gasteiger partial charge in [0, 0.05) is 0 Å². The van der Waals surface area contributed by atoms with Gasteiger partial charge in [0.15, 0.2) is 5.78 Å². The molecule has 0 N–H and O–H groups in total. The van der Waals surface area contributed by atoms with Gasteiger partial charge in [-0.15, -0.1) is 0 Å². The van der Waals surface area contributed by atoms with E-state index in [1.54, 1.807) is 13.0 Å². The Balaban J connectivity index is 1.96. The summed E-state index contributed by atoms with van der Waals surface area (Å²) in [6, 6.07) is 10.6. The first-order valence-electron chi connectivity index (χ1n) is 6.50. The Morgan fingerprint density at radius 2 is 1.76 bits per heavy atom. The van der Waals surface area contributed by atoms with Crippen LogP contribution >= 0.6 is 0 Å². The third-order valence-corrected chi connectivity index (χ3v) is 2.78. The molecule has 0 saturated heterocycles. The van der Waals surface area contributed by atoms with Crippen LogP contribution in [0.4, 0.5) is 0 Å². The third kappa shape index (κ3) is 7.51. The number of rotatable bonds is 8. The fourth-order valence-electron chi connectivity index (χ4n) is 1.84. The highest BCUT2D eigenvalue weighted by atomic mass is 16.1. The van der Waals surface area contributed by atoms with E-state index >= 15 is 0 Å². The Morgan fingerprint density at radius 3 is 2.47 bits per heavy atom. The molecular formula is C16H22O. The van der Waals surface area contributed by atoms with Crippen molar-refractivity contribution >= 4 is 5.78 Å². The molecule has 17 heavy (non-hydrogen) atoms. The van der Waals surface area contributed by atoms with Gasteiger partial charge in [-0.1, -0.05) is 49.2 Å². The van der Waals surface area contributed by atoms with Gasteiger partial charge in [0.1, 0.15) is 0 Å². The first kappa shape index (κ1) is 13.7. The van der Waals surface area contributed by atoms with E-state index in [4.69, 9.17) is 0 Å². The zero-order valence-electron chi connectivity index (χ0n) is 10.7. The number of aryl methyl sites for hydroxylation is 1. The van der Waals surface area contributed by atoms with Crippen LogP contribution in [-0.2, 0) is 11.2 Å². The highest BCUT2D eigenvalue weighted by molar-refractivity contribution is 5.87. The summed E-state index contributed by atoms with van der Waals surface area (Å²) in [4.78, 5) is 10.6. The maximum absolute atomic E-state index is 10.6. The minimum absolute atomic E-state index is 0.147. The highest BCUT2D eigenvalue weighted by Gasteiger charge is 1.92. The summed E-state index contributed by atoms with van der Waals surface area (Å²) >= 11 is 0. The van der Waals surface area contributed by atoms with Crippen molar-refractivity contribution in [3.63, 3.8) is 0 Å². The van der Waals surface area contributed by atoms with Gasteiger partial charge in [-0.25, -0.2) is 0 Å². The van der Waals surface area contributed by atoms with Gasteiger partial charge in [0.2, 0.25) is 0 Å². The van der Waals surface area contributed by atoms with Crippen LogP contribution in [0.5, 0.6) is 0 Å². The molecule has 0 aliphatic rings. The van der Waals surface area contributed by atoms with E-state index in [1.165, 1.54) is 37.7 Å². The molecule has 0 fully saturated rings. The Kier molecular flexibility index (Phi) is 7.04. The van der Waals surface area contributed by atoms with Crippen LogP contribution in [0.25, 0.3) is 0 Å². The molecule has 0 amide bonds. The average Bonchev–Trinajstić information content (AvgIpc) is 2.33. The Labute approximate surface area is 105 Å². The monoisotopic (exact) mass is 230 g/mol. The predicted molar refractivity (Wildman–Crippen MR) is 73.1 cm³/mol. The van der Waals surface area contributed by atoms with Crippen molar-refractivity contribution in [1.29, 1.82) is 0 Å². The fraction of sp³-hybridized carbons (Fsp3) is 0.438. The van der Waals surface area contributed by atoms with Crippen molar-refractivity contribution in [3.05, 3.63) is 48.0 Å². The number of carbonyl (C=O) groups excluding carboxylic acids is 1. The third-order valence-electron chi connectivity index (χ3n) is 2.78. The first-order valence-corrected chi connectivity index (χ1v) is 6.50. The van der Waals surface area contributed by atoms with Gasteiger partial charge < -0.3 is 0 Å². The van der Waals surface area contributed by atoms with E-state index in [-0.39, 0.29) is 5.78 Å². The van der Waals surface area contributed by atoms with Crippen LogP contribution in [0.3, 0.4) is 0 Å². The maximum Gasteiger partial charge on any atom is 0.152 e. The molecule has 0 bridgehead atoms. The number of carbonyl (C=O) groups is 1. The molecule has 0 radical (unpaired) electrons. The lowest BCUT2D eigenvalue weighted by molar-refractivity contribution is -0.112. The fourth-order valence-corrected chi connectivity index (χ4v) is 1.84. The van der Waals surface area contributed by atoms with E-state index in [0.717, 1.165) is 6.42 Å². The molecule has 1 rings (SSSR count). The van der Waals surface area contributed by atoms with Crippen LogP contribution in [-0.4, -0.2) is 5.78 Å². The van der Waals surface area contributed by atoms with Crippen LogP contribution in [0, 0.1) is 0 Å². The number of hydrogen-bond acceptors (Lipinski definition) is 1. The second kappa shape index (κ2) is 8.74. The number of hydrogen-bond donors (Lipinski definition) is 0. The quantitative estimate of drug-likeness (QED) is 0.480. The first-order chi connectivity index (χ1) is 8.29. The summed E-state index contributed by atoms with van der Waals surface area (Å²) < 4.78 is 0. The number of benzene rings is 1.